The Balaban J connectivity index is 1.63. The molecular formula is C18H26N2O3. The number of amides is 2. The number of anilines is 1. The first-order chi connectivity index (χ1) is 11.1. The van der Waals surface area contributed by atoms with Crippen molar-refractivity contribution in [3.05, 3.63) is 24.3 Å². The quantitative estimate of drug-likeness (QED) is 0.759. The maximum Gasteiger partial charge on any atom is 0.223 e. The molecule has 0 aliphatic heterocycles. The van der Waals surface area contributed by atoms with Crippen LogP contribution in [0.4, 0.5) is 5.69 Å². The van der Waals surface area contributed by atoms with E-state index in [2.05, 4.69) is 10.6 Å². The molecule has 5 nitrogen and oxygen atoms in total. The summed E-state index contributed by atoms with van der Waals surface area (Å²) >= 11 is 0. The van der Waals surface area contributed by atoms with Crippen molar-refractivity contribution >= 4 is 17.5 Å². The first-order valence-corrected chi connectivity index (χ1v) is 8.43. The molecule has 0 atom stereocenters. The highest BCUT2D eigenvalue weighted by molar-refractivity contribution is 5.88. The monoisotopic (exact) mass is 318 g/mol. The number of ether oxygens (including phenoxy) is 1. The van der Waals surface area contributed by atoms with E-state index >= 15 is 0 Å². The van der Waals surface area contributed by atoms with Crippen LogP contribution in [-0.2, 0) is 9.59 Å². The zero-order valence-corrected chi connectivity index (χ0v) is 13.8. The predicted octanol–water partition coefficient (Wildman–Crippen LogP) is 3.11. The Hall–Kier alpha value is -2.04. The third kappa shape index (κ3) is 6.30. The van der Waals surface area contributed by atoms with E-state index in [1.807, 2.05) is 18.2 Å². The molecule has 0 aromatic heterocycles. The third-order valence-electron chi connectivity index (χ3n) is 4.02. The van der Waals surface area contributed by atoms with Gasteiger partial charge in [-0.15, -0.1) is 0 Å². The molecule has 1 fully saturated rings. The van der Waals surface area contributed by atoms with Crippen molar-refractivity contribution in [3.8, 4) is 5.75 Å². The maximum absolute atomic E-state index is 12.0. The van der Waals surface area contributed by atoms with E-state index in [1.165, 1.54) is 26.2 Å². The molecule has 1 aromatic carbocycles. The lowest BCUT2D eigenvalue weighted by molar-refractivity contribution is -0.125. The molecule has 2 amide bonds. The highest BCUT2D eigenvalue weighted by atomic mass is 16.5. The van der Waals surface area contributed by atoms with Gasteiger partial charge in [0.1, 0.15) is 5.75 Å². The highest BCUT2D eigenvalue weighted by Gasteiger charge is 2.20. The van der Waals surface area contributed by atoms with Gasteiger partial charge in [0.25, 0.3) is 0 Å². The van der Waals surface area contributed by atoms with Crippen molar-refractivity contribution in [2.45, 2.75) is 45.4 Å². The number of hydrogen-bond acceptors (Lipinski definition) is 3. The van der Waals surface area contributed by atoms with Crippen LogP contribution in [0.25, 0.3) is 0 Å². The Morgan fingerprint density at radius 1 is 1.22 bits per heavy atom. The lowest BCUT2D eigenvalue weighted by atomic mass is 9.89. The van der Waals surface area contributed by atoms with Crippen molar-refractivity contribution in [2.24, 2.45) is 5.92 Å². The van der Waals surface area contributed by atoms with Gasteiger partial charge in [-0.3, -0.25) is 9.59 Å². The zero-order valence-electron chi connectivity index (χ0n) is 13.8. The zero-order chi connectivity index (χ0) is 16.5. The Labute approximate surface area is 137 Å². The summed E-state index contributed by atoms with van der Waals surface area (Å²) in [4.78, 5) is 23.0. The summed E-state index contributed by atoms with van der Waals surface area (Å²) in [6, 6.07) is 7.30. The minimum absolute atomic E-state index is 0.104. The number of benzene rings is 1. The standard InChI is InChI=1S/C18H26N2O3/c1-14(21)20-16-9-5-10-17(13-16)23-12-6-11-19-18(22)15-7-3-2-4-8-15/h5,9-10,13,15H,2-4,6-8,11-12H2,1H3,(H,19,22)(H,20,21). The SMILES string of the molecule is CC(=O)Nc1cccc(OCCCNC(=O)C2CCCCC2)c1. The first-order valence-electron chi connectivity index (χ1n) is 8.43. The minimum Gasteiger partial charge on any atom is -0.493 e. The predicted molar refractivity (Wildman–Crippen MR) is 90.4 cm³/mol. The number of carbonyl (C=O) groups is 2. The molecular weight excluding hydrogens is 292 g/mol. The smallest absolute Gasteiger partial charge is 0.223 e. The molecule has 1 saturated carbocycles. The van der Waals surface area contributed by atoms with E-state index in [0.29, 0.717) is 13.2 Å². The first kappa shape index (κ1) is 17.3. The van der Waals surface area contributed by atoms with Crippen LogP contribution < -0.4 is 15.4 Å². The second-order valence-corrected chi connectivity index (χ2v) is 6.04. The minimum atomic E-state index is -0.104. The van der Waals surface area contributed by atoms with Crippen LogP contribution in [0.2, 0.25) is 0 Å². The molecule has 1 aliphatic carbocycles. The van der Waals surface area contributed by atoms with Crippen LogP contribution in [0.1, 0.15) is 45.4 Å². The summed E-state index contributed by atoms with van der Waals surface area (Å²) in [5.74, 6) is 1.01. The molecule has 0 radical (unpaired) electrons. The van der Waals surface area contributed by atoms with Gasteiger partial charge in [-0.2, -0.15) is 0 Å². The lowest BCUT2D eigenvalue weighted by Gasteiger charge is -2.20. The molecule has 1 aliphatic rings. The summed E-state index contributed by atoms with van der Waals surface area (Å²) in [7, 11) is 0. The fourth-order valence-electron chi connectivity index (χ4n) is 2.85. The van der Waals surface area contributed by atoms with Gasteiger partial charge in [0.15, 0.2) is 0 Å². The fourth-order valence-corrected chi connectivity index (χ4v) is 2.85. The van der Waals surface area contributed by atoms with Gasteiger partial charge in [0.05, 0.1) is 6.61 Å². The van der Waals surface area contributed by atoms with Crippen LogP contribution in [-0.4, -0.2) is 25.0 Å². The average Bonchev–Trinajstić information content (AvgIpc) is 2.55. The summed E-state index contributed by atoms with van der Waals surface area (Å²) < 4.78 is 5.65. The van der Waals surface area contributed by atoms with Gasteiger partial charge in [-0.05, 0) is 31.4 Å². The van der Waals surface area contributed by atoms with Crippen LogP contribution in [0.15, 0.2) is 24.3 Å². The molecule has 2 N–H and O–H groups in total. The fraction of sp³-hybridized carbons (Fsp3) is 0.556. The second-order valence-electron chi connectivity index (χ2n) is 6.04. The van der Waals surface area contributed by atoms with E-state index in [4.69, 9.17) is 4.74 Å². The molecule has 2 rings (SSSR count). The van der Waals surface area contributed by atoms with Crippen molar-refractivity contribution < 1.29 is 14.3 Å². The Kier molecular flexibility index (Phi) is 6.91. The number of hydrogen-bond donors (Lipinski definition) is 2. The molecule has 0 bridgehead atoms. The van der Waals surface area contributed by atoms with Gasteiger partial charge in [-0.1, -0.05) is 25.3 Å². The van der Waals surface area contributed by atoms with Gasteiger partial charge in [-0.25, -0.2) is 0 Å². The van der Waals surface area contributed by atoms with E-state index in [-0.39, 0.29) is 17.7 Å². The van der Waals surface area contributed by atoms with Crippen LogP contribution in [0.3, 0.4) is 0 Å². The summed E-state index contributed by atoms with van der Waals surface area (Å²) in [5.41, 5.74) is 0.723. The van der Waals surface area contributed by atoms with E-state index in [0.717, 1.165) is 30.7 Å². The Morgan fingerprint density at radius 3 is 2.74 bits per heavy atom. The van der Waals surface area contributed by atoms with Crippen molar-refractivity contribution in [2.75, 3.05) is 18.5 Å². The van der Waals surface area contributed by atoms with Gasteiger partial charge < -0.3 is 15.4 Å². The summed E-state index contributed by atoms with van der Waals surface area (Å²) in [6.45, 7) is 2.65. The molecule has 0 heterocycles. The van der Waals surface area contributed by atoms with E-state index in [1.54, 1.807) is 6.07 Å². The number of rotatable bonds is 7. The Morgan fingerprint density at radius 2 is 2.00 bits per heavy atom. The normalized spacial score (nSPS) is 15.0. The van der Waals surface area contributed by atoms with Crippen molar-refractivity contribution in [3.63, 3.8) is 0 Å². The third-order valence-corrected chi connectivity index (χ3v) is 4.02. The molecule has 5 heteroatoms. The number of carbonyl (C=O) groups excluding carboxylic acids is 2. The van der Waals surface area contributed by atoms with Crippen LogP contribution in [0, 0.1) is 5.92 Å². The Bertz CT molecular complexity index is 525. The lowest BCUT2D eigenvalue weighted by Crippen LogP contribution is -2.33. The molecule has 23 heavy (non-hydrogen) atoms. The van der Waals surface area contributed by atoms with Crippen LogP contribution in [0.5, 0.6) is 5.75 Å². The largest absolute Gasteiger partial charge is 0.493 e. The van der Waals surface area contributed by atoms with Gasteiger partial charge >= 0.3 is 0 Å². The van der Waals surface area contributed by atoms with Gasteiger partial charge in [0.2, 0.25) is 11.8 Å². The van der Waals surface area contributed by atoms with Crippen LogP contribution >= 0.6 is 0 Å². The second kappa shape index (κ2) is 9.18. The highest BCUT2D eigenvalue weighted by Crippen LogP contribution is 2.23. The maximum atomic E-state index is 12.0. The molecule has 0 spiro atoms. The van der Waals surface area contributed by atoms with Gasteiger partial charge in [0, 0.05) is 31.1 Å². The van der Waals surface area contributed by atoms with Crippen molar-refractivity contribution in [1.82, 2.24) is 5.32 Å². The topological polar surface area (TPSA) is 67.4 Å². The summed E-state index contributed by atoms with van der Waals surface area (Å²) in [6.07, 6.45) is 6.42. The average molecular weight is 318 g/mol. The molecule has 0 saturated heterocycles. The number of nitrogens with one attached hydrogen (secondary N) is 2. The van der Waals surface area contributed by atoms with Crippen molar-refractivity contribution in [1.29, 1.82) is 0 Å². The summed E-state index contributed by atoms with van der Waals surface area (Å²) in [5, 5.41) is 5.72. The molecule has 126 valence electrons. The molecule has 1 aromatic rings. The molecule has 0 unspecified atom stereocenters. The van der Waals surface area contributed by atoms with E-state index in [9.17, 15) is 9.59 Å². The van der Waals surface area contributed by atoms with E-state index < -0.39 is 0 Å².